The Morgan fingerprint density at radius 3 is 2.33 bits per heavy atom. The van der Waals surface area contributed by atoms with Crippen LogP contribution < -0.4 is 14.6 Å². The van der Waals surface area contributed by atoms with E-state index in [1.165, 1.54) is 0 Å². The fourth-order valence-electron chi connectivity index (χ4n) is 1.39. The Kier molecular flexibility index (Phi) is 3.81. The standard InChI is InChI=1S/C14H12O4/c15-14(16)10-17-12-7-4-8-13(9-12)18-11-5-2-1-3-6-11/h1-9H,10H2,(H,15,16)/p-1. The molecule has 4 nitrogen and oxygen atoms in total. The molecule has 0 heterocycles. The summed E-state index contributed by atoms with van der Waals surface area (Å²) in [5.41, 5.74) is 0. The molecule has 0 fully saturated rings. The monoisotopic (exact) mass is 243 g/mol. The first-order chi connectivity index (χ1) is 8.74. The number of hydrogen-bond donors (Lipinski definition) is 0. The first-order valence-corrected chi connectivity index (χ1v) is 5.39. The average Bonchev–Trinajstić information content (AvgIpc) is 2.38. The minimum atomic E-state index is -1.26. The van der Waals surface area contributed by atoms with Gasteiger partial charge in [0.05, 0.1) is 5.97 Å². The van der Waals surface area contributed by atoms with Gasteiger partial charge < -0.3 is 19.4 Å². The number of carbonyl (C=O) groups excluding carboxylic acids is 1. The molecule has 0 bridgehead atoms. The summed E-state index contributed by atoms with van der Waals surface area (Å²) in [5, 5.41) is 10.3. The van der Waals surface area contributed by atoms with Crippen molar-refractivity contribution < 1.29 is 19.4 Å². The zero-order valence-corrected chi connectivity index (χ0v) is 9.54. The van der Waals surface area contributed by atoms with Crippen LogP contribution in [0.15, 0.2) is 54.6 Å². The molecule has 0 aliphatic carbocycles. The Hall–Kier alpha value is -2.49. The maximum Gasteiger partial charge on any atom is 0.131 e. The third kappa shape index (κ3) is 3.52. The maximum absolute atomic E-state index is 10.3. The molecule has 0 unspecified atom stereocenters. The molecular formula is C14H11O4-. The van der Waals surface area contributed by atoms with Gasteiger partial charge in [0.1, 0.15) is 23.9 Å². The maximum atomic E-state index is 10.3. The number of carboxylic acid groups (broad SMARTS) is 1. The Labute approximate surface area is 104 Å². The van der Waals surface area contributed by atoms with E-state index >= 15 is 0 Å². The molecule has 0 amide bonds. The Morgan fingerprint density at radius 2 is 1.61 bits per heavy atom. The van der Waals surface area contributed by atoms with Gasteiger partial charge >= 0.3 is 0 Å². The highest BCUT2D eigenvalue weighted by Gasteiger charge is 1.99. The van der Waals surface area contributed by atoms with Gasteiger partial charge in [0.2, 0.25) is 0 Å². The summed E-state index contributed by atoms with van der Waals surface area (Å²) in [6, 6.07) is 16.0. The number of para-hydroxylation sites is 1. The molecule has 92 valence electrons. The Bertz CT molecular complexity index is 522. The van der Waals surface area contributed by atoms with E-state index in [1.54, 1.807) is 24.3 Å². The summed E-state index contributed by atoms with van der Waals surface area (Å²) >= 11 is 0. The SMILES string of the molecule is O=C([O-])COc1cccc(Oc2ccccc2)c1. The zero-order valence-electron chi connectivity index (χ0n) is 9.54. The van der Waals surface area contributed by atoms with Gasteiger partial charge in [-0.3, -0.25) is 0 Å². The molecule has 4 heteroatoms. The lowest BCUT2D eigenvalue weighted by Crippen LogP contribution is -2.28. The molecule has 0 spiro atoms. The first-order valence-electron chi connectivity index (χ1n) is 5.39. The highest BCUT2D eigenvalue weighted by atomic mass is 16.5. The third-order valence-corrected chi connectivity index (χ3v) is 2.14. The van der Waals surface area contributed by atoms with Gasteiger partial charge in [0.15, 0.2) is 0 Å². The fraction of sp³-hybridized carbons (Fsp3) is 0.0714. The lowest BCUT2D eigenvalue weighted by molar-refractivity contribution is -0.307. The van der Waals surface area contributed by atoms with Crippen LogP contribution >= 0.6 is 0 Å². The van der Waals surface area contributed by atoms with Crippen LogP contribution in [0.1, 0.15) is 0 Å². The van der Waals surface area contributed by atoms with Crippen molar-refractivity contribution in [2.45, 2.75) is 0 Å². The normalized spacial score (nSPS) is 9.78. The highest BCUT2D eigenvalue weighted by Crippen LogP contribution is 2.24. The molecule has 0 N–H and O–H groups in total. The van der Waals surface area contributed by atoms with E-state index in [9.17, 15) is 9.90 Å². The third-order valence-electron chi connectivity index (χ3n) is 2.14. The summed E-state index contributed by atoms with van der Waals surface area (Å²) in [6.07, 6.45) is 0. The van der Waals surface area contributed by atoms with Gasteiger partial charge in [-0.15, -0.1) is 0 Å². The molecule has 0 saturated heterocycles. The molecule has 0 radical (unpaired) electrons. The van der Waals surface area contributed by atoms with Gasteiger partial charge in [-0.1, -0.05) is 24.3 Å². The van der Waals surface area contributed by atoms with Crippen LogP contribution in [0, 0.1) is 0 Å². The van der Waals surface area contributed by atoms with Gasteiger partial charge in [0.25, 0.3) is 0 Å². The first kappa shape index (κ1) is 12.0. The smallest absolute Gasteiger partial charge is 0.131 e. The summed E-state index contributed by atoms with van der Waals surface area (Å²) in [6.45, 7) is -0.477. The van der Waals surface area contributed by atoms with Crippen LogP contribution in [-0.2, 0) is 4.79 Å². The van der Waals surface area contributed by atoms with Crippen LogP contribution in [0.4, 0.5) is 0 Å². The zero-order chi connectivity index (χ0) is 12.8. The summed E-state index contributed by atoms with van der Waals surface area (Å²) in [5.74, 6) is 0.448. The van der Waals surface area contributed by atoms with Crippen molar-refractivity contribution >= 4 is 5.97 Å². The Morgan fingerprint density at radius 1 is 0.944 bits per heavy atom. The predicted molar refractivity (Wildman–Crippen MR) is 63.5 cm³/mol. The van der Waals surface area contributed by atoms with Crippen LogP contribution in [0.3, 0.4) is 0 Å². The van der Waals surface area contributed by atoms with E-state index in [1.807, 2.05) is 30.3 Å². The second-order valence-electron chi connectivity index (χ2n) is 3.55. The molecule has 0 aliphatic rings. The van der Waals surface area contributed by atoms with E-state index in [0.29, 0.717) is 17.2 Å². The fourth-order valence-corrected chi connectivity index (χ4v) is 1.39. The minimum absolute atomic E-state index is 0.424. The topological polar surface area (TPSA) is 58.6 Å². The lowest BCUT2D eigenvalue weighted by Gasteiger charge is -2.09. The summed E-state index contributed by atoms with van der Waals surface area (Å²) < 4.78 is 10.6. The van der Waals surface area contributed by atoms with Gasteiger partial charge in [-0.05, 0) is 24.3 Å². The van der Waals surface area contributed by atoms with Crippen molar-refractivity contribution in [1.82, 2.24) is 0 Å². The molecule has 0 aromatic heterocycles. The lowest BCUT2D eigenvalue weighted by atomic mass is 10.3. The molecule has 0 aliphatic heterocycles. The van der Waals surface area contributed by atoms with Gasteiger partial charge in [-0.2, -0.15) is 0 Å². The average molecular weight is 243 g/mol. The highest BCUT2D eigenvalue weighted by molar-refractivity contribution is 5.66. The number of aliphatic carboxylic acids is 1. The summed E-state index contributed by atoms with van der Waals surface area (Å²) in [7, 11) is 0. The Balaban J connectivity index is 2.05. The molecule has 0 atom stereocenters. The number of carbonyl (C=O) groups is 1. The van der Waals surface area contributed by atoms with Crippen LogP contribution in [0.2, 0.25) is 0 Å². The number of ether oxygens (including phenoxy) is 2. The van der Waals surface area contributed by atoms with Crippen LogP contribution in [0.25, 0.3) is 0 Å². The van der Waals surface area contributed by atoms with Crippen molar-refractivity contribution in [3.8, 4) is 17.2 Å². The van der Waals surface area contributed by atoms with E-state index in [2.05, 4.69) is 0 Å². The molecule has 0 saturated carbocycles. The number of carboxylic acids is 1. The van der Waals surface area contributed by atoms with E-state index < -0.39 is 12.6 Å². The van der Waals surface area contributed by atoms with E-state index in [0.717, 1.165) is 0 Å². The van der Waals surface area contributed by atoms with Crippen molar-refractivity contribution in [2.24, 2.45) is 0 Å². The van der Waals surface area contributed by atoms with Crippen molar-refractivity contribution in [1.29, 1.82) is 0 Å². The van der Waals surface area contributed by atoms with Gasteiger partial charge in [0, 0.05) is 6.07 Å². The number of rotatable bonds is 5. The molecule has 18 heavy (non-hydrogen) atoms. The second kappa shape index (κ2) is 5.72. The second-order valence-corrected chi connectivity index (χ2v) is 3.55. The molecule has 2 aromatic carbocycles. The number of hydrogen-bond acceptors (Lipinski definition) is 4. The molecule has 2 aromatic rings. The van der Waals surface area contributed by atoms with Crippen molar-refractivity contribution in [3.63, 3.8) is 0 Å². The molecule has 2 rings (SSSR count). The minimum Gasteiger partial charge on any atom is -0.546 e. The number of benzene rings is 2. The van der Waals surface area contributed by atoms with Crippen molar-refractivity contribution in [2.75, 3.05) is 6.61 Å². The van der Waals surface area contributed by atoms with E-state index in [4.69, 9.17) is 9.47 Å². The van der Waals surface area contributed by atoms with Crippen molar-refractivity contribution in [3.05, 3.63) is 54.6 Å². The predicted octanol–water partition coefficient (Wildman–Crippen LogP) is 1.61. The van der Waals surface area contributed by atoms with Crippen LogP contribution in [0.5, 0.6) is 17.2 Å². The largest absolute Gasteiger partial charge is 0.546 e. The van der Waals surface area contributed by atoms with E-state index in [-0.39, 0.29) is 0 Å². The summed E-state index contributed by atoms with van der Waals surface area (Å²) in [4.78, 5) is 10.3. The quantitative estimate of drug-likeness (QED) is 0.800. The van der Waals surface area contributed by atoms with Crippen LogP contribution in [-0.4, -0.2) is 12.6 Å². The van der Waals surface area contributed by atoms with Gasteiger partial charge in [-0.25, -0.2) is 0 Å². The molecular weight excluding hydrogens is 232 g/mol.